The molecule has 0 radical (unpaired) electrons. The van der Waals surface area contributed by atoms with E-state index in [2.05, 4.69) is 15.6 Å². The number of carbonyl (C=O) groups excluding carboxylic acids is 1. The molecule has 0 saturated carbocycles. The summed E-state index contributed by atoms with van der Waals surface area (Å²) < 4.78 is 36.9. The van der Waals surface area contributed by atoms with Gasteiger partial charge < -0.3 is 10.6 Å². The molecular formula is C12H14F3N3O. The van der Waals surface area contributed by atoms with Crippen molar-refractivity contribution in [1.82, 2.24) is 15.6 Å². The van der Waals surface area contributed by atoms with E-state index in [0.717, 1.165) is 37.7 Å². The van der Waals surface area contributed by atoms with Gasteiger partial charge in [0.25, 0.3) is 5.91 Å². The van der Waals surface area contributed by atoms with Crippen LogP contribution in [0.25, 0.3) is 0 Å². The van der Waals surface area contributed by atoms with Crippen LogP contribution in [0.2, 0.25) is 0 Å². The number of nitrogens with zero attached hydrogens (tertiary/aromatic N) is 1. The molecule has 4 nitrogen and oxygen atoms in total. The highest BCUT2D eigenvalue weighted by atomic mass is 19.4. The van der Waals surface area contributed by atoms with Crippen LogP contribution in [0.5, 0.6) is 0 Å². The highest BCUT2D eigenvalue weighted by Crippen LogP contribution is 2.27. The zero-order valence-corrected chi connectivity index (χ0v) is 10.1. The van der Waals surface area contributed by atoms with Gasteiger partial charge in [-0.2, -0.15) is 13.2 Å². The number of aromatic nitrogens is 1. The fourth-order valence-corrected chi connectivity index (χ4v) is 1.94. The molecule has 0 aromatic carbocycles. The van der Waals surface area contributed by atoms with Crippen LogP contribution < -0.4 is 10.6 Å². The standard InChI is InChI=1S/C12H14F3N3O/c13-12(14,15)10-4-3-8(6-17-10)11(19)18-7-9-2-1-5-16-9/h3-4,6,9,16H,1-2,5,7H2,(H,18,19). The Hall–Kier alpha value is -1.63. The quantitative estimate of drug-likeness (QED) is 0.879. The summed E-state index contributed by atoms with van der Waals surface area (Å²) in [7, 11) is 0. The van der Waals surface area contributed by atoms with E-state index < -0.39 is 17.8 Å². The second-order valence-electron chi connectivity index (χ2n) is 4.43. The Labute approximate surface area is 108 Å². The number of carbonyl (C=O) groups is 1. The lowest BCUT2D eigenvalue weighted by Gasteiger charge is -2.11. The van der Waals surface area contributed by atoms with E-state index in [-0.39, 0.29) is 11.6 Å². The minimum Gasteiger partial charge on any atom is -0.350 e. The molecule has 0 aliphatic carbocycles. The van der Waals surface area contributed by atoms with E-state index in [1.165, 1.54) is 0 Å². The molecule has 1 amide bonds. The van der Waals surface area contributed by atoms with Gasteiger partial charge in [0.05, 0.1) is 5.56 Å². The van der Waals surface area contributed by atoms with E-state index in [9.17, 15) is 18.0 Å². The third-order valence-electron chi connectivity index (χ3n) is 2.99. The first kappa shape index (κ1) is 13.8. The van der Waals surface area contributed by atoms with Crippen molar-refractivity contribution in [2.24, 2.45) is 0 Å². The lowest BCUT2D eigenvalue weighted by atomic mass is 10.2. The molecular weight excluding hydrogens is 259 g/mol. The molecule has 2 rings (SSSR count). The summed E-state index contributed by atoms with van der Waals surface area (Å²) in [5.74, 6) is -0.407. The molecule has 2 heterocycles. The van der Waals surface area contributed by atoms with E-state index in [4.69, 9.17) is 0 Å². The maximum atomic E-state index is 12.3. The molecule has 1 saturated heterocycles. The number of amides is 1. The monoisotopic (exact) mass is 273 g/mol. The fraction of sp³-hybridized carbons (Fsp3) is 0.500. The average Bonchev–Trinajstić information content (AvgIpc) is 2.88. The van der Waals surface area contributed by atoms with Crippen LogP contribution in [0.3, 0.4) is 0 Å². The van der Waals surface area contributed by atoms with E-state index in [1.54, 1.807) is 0 Å². The summed E-state index contributed by atoms with van der Waals surface area (Å²) in [6.45, 7) is 1.40. The zero-order valence-electron chi connectivity index (χ0n) is 10.1. The number of rotatable bonds is 3. The van der Waals surface area contributed by atoms with Crippen LogP contribution in [0, 0.1) is 0 Å². The lowest BCUT2D eigenvalue weighted by molar-refractivity contribution is -0.141. The number of pyridine rings is 1. The van der Waals surface area contributed by atoms with Gasteiger partial charge in [0.2, 0.25) is 0 Å². The smallest absolute Gasteiger partial charge is 0.350 e. The molecule has 2 N–H and O–H groups in total. The van der Waals surface area contributed by atoms with Crippen molar-refractivity contribution in [3.63, 3.8) is 0 Å². The molecule has 104 valence electrons. The largest absolute Gasteiger partial charge is 0.433 e. The average molecular weight is 273 g/mol. The lowest BCUT2D eigenvalue weighted by Crippen LogP contribution is -2.37. The number of hydrogen-bond acceptors (Lipinski definition) is 3. The summed E-state index contributed by atoms with van der Waals surface area (Å²) in [6.07, 6.45) is -1.48. The highest BCUT2D eigenvalue weighted by molar-refractivity contribution is 5.93. The van der Waals surface area contributed by atoms with Gasteiger partial charge in [-0.3, -0.25) is 9.78 Å². The van der Waals surface area contributed by atoms with Crippen molar-refractivity contribution in [1.29, 1.82) is 0 Å². The minimum atomic E-state index is -4.48. The predicted molar refractivity (Wildman–Crippen MR) is 62.6 cm³/mol. The topological polar surface area (TPSA) is 54.0 Å². The molecule has 1 atom stereocenters. The van der Waals surface area contributed by atoms with Gasteiger partial charge in [0.1, 0.15) is 5.69 Å². The molecule has 1 aromatic heterocycles. The van der Waals surface area contributed by atoms with Crippen LogP contribution in [0.15, 0.2) is 18.3 Å². The molecule has 0 spiro atoms. The molecule has 1 aromatic rings. The Balaban J connectivity index is 1.92. The predicted octanol–water partition coefficient (Wildman–Crippen LogP) is 1.58. The van der Waals surface area contributed by atoms with E-state index in [1.807, 2.05) is 0 Å². The van der Waals surface area contributed by atoms with Crippen molar-refractivity contribution in [2.45, 2.75) is 25.1 Å². The Kier molecular flexibility index (Phi) is 4.04. The summed E-state index contributed by atoms with van der Waals surface area (Å²) in [6, 6.07) is 2.18. The first-order valence-electron chi connectivity index (χ1n) is 6.01. The number of alkyl halides is 3. The van der Waals surface area contributed by atoms with Gasteiger partial charge >= 0.3 is 6.18 Å². The zero-order chi connectivity index (χ0) is 13.9. The molecule has 0 bridgehead atoms. The number of nitrogens with one attached hydrogen (secondary N) is 2. The summed E-state index contributed by atoms with van der Waals surface area (Å²) >= 11 is 0. The molecule has 19 heavy (non-hydrogen) atoms. The van der Waals surface area contributed by atoms with Crippen molar-refractivity contribution in [2.75, 3.05) is 13.1 Å². The summed E-state index contributed by atoms with van der Waals surface area (Å²) in [5.41, 5.74) is -0.868. The van der Waals surface area contributed by atoms with Gasteiger partial charge in [-0.1, -0.05) is 0 Å². The maximum absolute atomic E-state index is 12.3. The third-order valence-corrected chi connectivity index (χ3v) is 2.99. The molecule has 7 heteroatoms. The summed E-state index contributed by atoms with van der Waals surface area (Å²) in [4.78, 5) is 15.0. The maximum Gasteiger partial charge on any atom is 0.433 e. The first-order valence-corrected chi connectivity index (χ1v) is 6.01. The van der Waals surface area contributed by atoms with Crippen LogP contribution in [-0.2, 0) is 6.18 Å². The SMILES string of the molecule is O=C(NCC1CCCN1)c1ccc(C(F)(F)F)nc1. The van der Waals surface area contributed by atoms with Crippen LogP contribution in [0.4, 0.5) is 13.2 Å². The molecule has 1 unspecified atom stereocenters. The minimum absolute atomic E-state index is 0.131. The fourth-order valence-electron chi connectivity index (χ4n) is 1.94. The first-order chi connectivity index (χ1) is 8.97. The van der Waals surface area contributed by atoms with Gasteiger partial charge in [0, 0.05) is 18.8 Å². The second-order valence-corrected chi connectivity index (χ2v) is 4.43. The molecule has 1 aliphatic rings. The van der Waals surface area contributed by atoms with Crippen molar-refractivity contribution in [3.8, 4) is 0 Å². The Morgan fingerprint density at radius 2 is 2.26 bits per heavy atom. The van der Waals surface area contributed by atoms with E-state index >= 15 is 0 Å². The number of hydrogen-bond donors (Lipinski definition) is 2. The second kappa shape index (κ2) is 5.56. The van der Waals surface area contributed by atoms with Gasteiger partial charge in [0.15, 0.2) is 0 Å². The Morgan fingerprint density at radius 1 is 1.47 bits per heavy atom. The van der Waals surface area contributed by atoms with Crippen molar-refractivity contribution >= 4 is 5.91 Å². The molecule has 1 aliphatic heterocycles. The Bertz CT molecular complexity index is 439. The van der Waals surface area contributed by atoms with Gasteiger partial charge in [-0.25, -0.2) is 0 Å². The van der Waals surface area contributed by atoms with Crippen LogP contribution in [-0.4, -0.2) is 30.0 Å². The molecule has 1 fully saturated rings. The normalized spacial score (nSPS) is 19.4. The van der Waals surface area contributed by atoms with E-state index in [0.29, 0.717) is 6.54 Å². The third kappa shape index (κ3) is 3.66. The summed E-state index contributed by atoms with van der Waals surface area (Å²) in [5, 5.41) is 5.89. The van der Waals surface area contributed by atoms with Gasteiger partial charge in [-0.05, 0) is 31.5 Å². The van der Waals surface area contributed by atoms with Crippen molar-refractivity contribution in [3.05, 3.63) is 29.6 Å². The van der Waals surface area contributed by atoms with Gasteiger partial charge in [-0.15, -0.1) is 0 Å². The van der Waals surface area contributed by atoms with Crippen molar-refractivity contribution < 1.29 is 18.0 Å². The highest BCUT2D eigenvalue weighted by Gasteiger charge is 2.32. The number of halogens is 3. The Morgan fingerprint density at radius 3 is 2.79 bits per heavy atom. The van der Waals surface area contributed by atoms with Crippen LogP contribution in [0.1, 0.15) is 28.9 Å². The van der Waals surface area contributed by atoms with Crippen LogP contribution >= 0.6 is 0 Å².